The van der Waals surface area contributed by atoms with E-state index >= 15 is 0 Å². The normalized spacial score (nSPS) is 7.35. The van der Waals surface area contributed by atoms with Crippen LogP contribution in [-0.2, 0) is 9.09 Å². The van der Waals surface area contributed by atoms with Gasteiger partial charge in [0.15, 0.2) is 0 Å². The molecule has 11 nitrogen and oxygen atoms in total. The van der Waals surface area contributed by atoms with Crippen molar-refractivity contribution >= 4 is 66.9 Å². The van der Waals surface area contributed by atoms with Crippen LogP contribution in [-0.4, -0.2) is 126 Å². The fraction of sp³-hybridized carbons (Fsp3) is 1.00. The van der Waals surface area contributed by atoms with Gasteiger partial charge in [-0.3, -0.25) is 4.52 Å². The van der Waals surface area contributed by atoms with Gasteiger partial charge in [-0.1, -0.05) is 0 Å². The van der Waals surface area contributed by atoms with E-state index in [0.29, 0.717) is 0 Å². The van der Waals surface area contributed by atoms with Crippen molar-refractivity contribution in [2.75, 3.05) is 13.2 Å². The van der Waals surface area contributed by atoms with Crippen LogP contribution in [0.5, 0.6) is 0 Å². The van der Waals surface area contributed by atoms with Crippen molar-refractivity contribution in [3.63, 3.8) is 0 Å². The Morgan fingerprint density at radius 1 is 0.882 bits per heavy atom. The Hall–Kier alpha value is 1.83. The molecule has 17 heavy (non-hydrogen) atoms. The Balaban J connectivity index is -0.0000000193. The molecule has 14 N–H and O–H groups in total. The predicted molar refractivity (Wildman–Crippen MR) is 63.5 cm³/mol. The number of aliphatic hydroxyl groups excluding tert-OH is 2. The van der Waals surface area contributed by atoms with Crippen molar-refractivity contribution in [1.29, 1.82) is 0 Å². The van der Waals surface area contributed by atoms with E-state index < -0.39 is 27.1 Å². The molecule has 0 saturated carbocycles. The molecule has 0 aliphatic carbocycles. The number of phosphoric acid groups is 1. The van der Waals surface area contributed by atoms with E-state index in [-0.39, 0.29) is 86.5 Å². The van der Waals surface area contributed by atoms with Crippen LogP contribution in [0, 0.1) is 0 Å². The Morgan fingerprint density at radius 2 is 1.12 bits per heavy atom. The molecule has 0 aromatic rings. The summed E-state index contributed by atoms with van der Waals surface area (Å²) < 4.78 is 13.9. The summed E-state index contributed by atoms with van der Waals surface area (Å²) in [6.07, 6.45) is -1.21. The second-order valence-corrected chi connectivity index (χ2v) is 2.78. The van der Waals surface area contributed by atoms with Gasteiger partial charge in [0.05, 0.1) is 13.2 Å². The van der Waals surface area contributed by atoms with Crippen LogP contribution in [0.4, 0.5) is 0 Å². The van der Waals surface area contributed by atoms with Crippen molar-refractivity contribution in [3.05, 3.63) is 0 Å². The second kappa shape index (κ2) is 26.4. The van der Waals surface area contributed by atoms with Gasteiger partial charge in [0.25, 0.3) is 0 Å². The quantitative estimate of drug-likeness (QED) is 0.289. The number of hydrogen-bond donors (Lipinski definition) is 4. The van der Waals surface area contributed by atoms with Gasteiger partial charge in [0.1, 0.15) is 6.10 Å². The van der Waals surface area contributed by atoms with Crippen LogP contribution >= 0.6 is 7.82 Å². The zero-order valence-corrected chi connectivity index (χ0v) is 8.44. The van der Waals surface area contributed by atoms with Gasteiger partial charge in [-0.25, -0.2) is 4.57 Å². The van der Waals surface area contributed by atoms with Crippen molar-refractivity contribution in [1.82, 2.24) is 0 Å². The van der Waals surface area contributed by atoms with E-state index in [1.54, 1.807) is 0 Å². The average Bonchev–Trinajstić information content (AvgIpc) is 1.81. The number of aliphatic hydroxyl groups is 2. The summed E-state index contributed by atoms with van der Waals surface area (Å²) in [5.41, 5.74) is 0. The van der Waals surface area contributed by atoms with E-state index in [0.717, 1.165) is 0 Å². The Labute approximate surface area is 142 Å². The van der Waals surface area contributed by atoms with Gasteiger partial charge >= 0.3 is 66.9 Å². The molecular formula is C3H21Na2O11P. The summed E-state index contributed by atoms with van der Waals surface area (Å²) in [6, 6.07) is 0. The average molecular weight is 310 g/mol. The molecule has 0 fully saturated rings. The van der Waals surface area contributed by atoms with E-state index in [2.05, 4.69) is 4.52 Å². The molecule has 0 atom stereocenters. The van der Waals surface area contributed by atoms with E-state index in [9.17, 15) is 4.57 Å². The first kappa shape index (κ1) is 51.0. The van der Waals surface area contributed by atoms with Crippen LogP contribution in [0.1, 0.15) is 0 Å². The zero-order chi connectivity index (χ0) is 8.20. The first-order chi connectivity index (χ1) is 4.49. The summed E-state index contributed by atoms with van der Waals surface area (Å²) in [5.74, 6) is 0. The summed E-state index contributed by atoms with van der Waals surface area (Å²) in [4.78, 5) is 16.2. The summed E-state index contributed by atoms with van der Waals surface area (Å²) >= 11 is 0. The van der Waals surface area contributed by atoms with Crippen molar-refractivity contribution in [2.24, 2.45) is 0 Å². The number of hydrogen-bond acceptors (Lipinski definition) is 4. The number of rotatable bonds is 4. The van der Waals surface area contributed by atoms with Crippen molar-refractivity contribution in [3.8, 4) is 0 Å². The third-order valence-electron chi connectivity index (χ3n) is 0.694. The maximum atomic E-state index is 10.0. The monoisotopic (exact) mass is 310 g/mol. The SMILES string of the molecule is O.O.O.O.O.O=P(O)(O)OC(CO)CO.[NaH].[NaH]. The fourth-order valence-electron chi connectivity index (χ4n) is 0.319. The third kappa shape index (κ3) is 38.1. The Morgan fingerprint density at radius 3 is 1.18 bits per heavy atom. The van der Waals surface area contributed by atoms with Crippen molar-refractivity contribution in [2.45, 2.75) is 6.10 Å². The van der Waals surface area contributed by atoms with E-state index in [1.807, 2.05) is 0 Å². The maximum absolute atomic E-state index is 10.0. The van der Waals surface area contributed by atoms with Gasteiger partial charge in [-0.05, 0) is 0 Å². The summed E-state index contributed by atoms with van der Waals surface area (Å²) in [5, 5.41) is 16.5. The van der Waals surface area contributed by atoms with Gasteiger partial charge in [-0.2, -0.15) is 0 Å². The van der Waals surface area contributed by atoms with E-state index in [1.165, 1.54) is 0 Å². The van der Waals surface area contributed by atoms with Gasteiger partial charge in [0.2, 0.25) is 0 Å². The van der Waals surface area contributed by atoms with Gasteiger partial charge in [-0.15, -0.1) is 0 Å². The first-order valence-electron chi connectivity index (χ1n) is 2.45. The molecule has 0 aliphatic rings. The van der Waals surface area contributed by atoms with Crippen LogP contribution < -0.4 is 0 Å². The molecule has 0 rings (SSSR count). The summed E-state index contributed by atoms with van der Waals surface area (Å²) in [6.45, 7) is -1.25. The molecule has 0 aromatic heterocycles. The Bertz CT molecular complexity index is 137. The standard InChI is InChI=1S/C3H9O6P.2Na.5H2O.2H/c4-1-3(2-5)9-10(6,7)8;;;;;;;;;/h3-5H,1-2H2,(H2,6,7,8);;;5*1H2;;. The fourth-order valence-corrected chi connectivity index (χ4v) is 0.840. The molecule has 0 amide bonds. The molecule has 0 bridgehead atoms. The topological polar surface area (TPSA) is 265 Å². The molecule has 0 heterocycles. The van der Waals surface area contributed by atoms with Gasteiger partial charge < -0.3 is 47.4 Å². The molecule has 0 aliphatic heterocycles. The Kier molecular flexibility index (Phi) is 79.3. The minimum absolute atomic E-state index is 0. The first-order valence-corrected chi connectivity index (χ1v) is 3.98. The second-order valence-electron chi connectivity index (χ2n) is 1.58. The molecular weight excluding hydrogens is 289 g/mol. The van der Waals surface area contributed by atoms with Gasteiger partial charge in [0, 0.05) is 0 Å². The zero-order valence-electron chi connectivity index (χ0n) is 7.54. The molecule has 0 saturated heterocycles. The minimum atomic E-state index is -4.57. The molecule has 0 aromatic carbocycles. The van der Waals surface area contributed by atoms with Crippen LogP contribution in [0.25, 0.3) is 0 Å². The van der Waals surface area contributed by atoms with E-state index in [4.69, 9.17) is 20.0 Å². The molecule has 106 valence electrons. The van der Waals surface area contributed by atoms with Crippen molar-refractivity contribution < 1.29 is 56.5 Å². The summed E-state index contributed by atoms with van der Waals surface area (Å²) in [7, 11) is -4.57. The van der Waals surface area contributed by atoms with Crippen LogP contribution in [0.15, 0.2) is 0 Å². The van der Waals surface area contributed by atoms with Crippen LogP contribution in [0.3, 0.4) is 0 Å². The number of phosphoric ester groups is 1. The molecule has 0 spiro atoms. The molecule has 0 radical (unpaired) electrons. The van der Waals surface area contributed by atoms with Crippen LogP contribution in [0.2, 0.25) is 0 Å². The predicted octanol–water partition coefficient (Wildman–Crippen LogP) is -6.97. The third-order valence-corrected chi connectivity index (χ3v) is 1.27. The molecule has 14 heteroatoms. The molecule has 0 unspecified atom stereocenters.